The van der Waals surface area contributed by atoms with E-state index in [0.29, 0.717) is 0 Å². The molecule has 0 saturated carbocycles. The quantitative estimate of drug-likeness (QED) is 0.125. The lowest BCUT2D eigenvalue weighted by atomic mass is 9.84. The molecule has 3 aromatic rings. The highest BCUT2D eigenvalue weighted by Crippen LogP contribution is 2.48. The molecule has 0 heterocycles. The second-order valence-electron chi connectivity index (χ2n) is 9.90. The van der Waals surface area contributed by atoms with Gasteiger partial charge in [-0.05, 0) is 37.5 Å². The topological polar surface area (TPSA) is 81.7 Å². The van der Waals surface area contributed by atoms with Gasteiger partial charge >= 0.3 is 12.1 Å². The second-order valence-corrected chi connectivity index (χ2v) is 11.1. The van der Waals surface area contributed by atoms with Gasteiger partial charge < -0.3 is 14.8 Å². The number of rotatable bonds is 12. The molecule has 0 fully saturated rings. The largest absolute Gasteiger partial charge is 0.461 e. The summed E-state index contributed by atoms with van der Waals surface area (Å²) in [7, 11) is 0. The van der Waals surface area contributed by atoms with Gasteiger partial charge in [-0.3, -0.25) is 9.59 Å². The molecular weight excluding hydrogens is 510 g/mol. The Morgan fingerprint density at radius 1 is 0.846 bits per heavy atom. The van der Waals surface area contributed by atoms with E-state index in [4.69, 9.17) is 9.47 Å². The number of alkyl carbamates (subject to hydrolysis) is 1. The summed E-state index contributed by atoms with van der Waals surface area (Å²) in [5.41, 5.74) is 2.29. The maximum Gasteiger partial charge on any atom is 0.408 e. The number of hydrogen-bond acceptors (Lipinski definition) is 6. The number of carbonyl (C=O) groups excluding carboxylic acids is 3. The first kappa shape index (κ1) is 29.7. The third kappa shape index (κ3) is 8.32. The van der Waals surface area contributed by atoms with Crippen LogP contribution in [0.2, 0.25) is 0 Å². The summed E-state index contributed by atoms with van der Waals surface area (Å²) in [4.78, 5) is 38.3. The Morgan fingerprint density at radius 2 is 1.31 bits per heavy atom. The maximum absolute atomic E-state index is 13.3. The lowest BCUT2D eigenvalue weighted by Gasteiger charge is -2.36. The van der Waals surface area contributed by atoms with Crippen LogP contribution < -0.4 is 5.32 Å². The van der Waals surface area contributed by atoms with Crippen LogP contribution in [0.4, 0.5) is 4.79 Å². The van der Waals surface area contributed by atoms with Crippen LogP contribution in [0.1, 0.15) is 43.9 Å². The number of thioether (sulfide) groups is 1. The van der Waals surface area contributed by atoms with Crippen molar-refractivity contribution >= 4 is 29.6 Å². The van der Waals surface area contributed by atoms with Crippen LogP contribution in [0.15, 0.2) is 104 Å². The van der Waals surface area contributed by atoms with Gasteiger partial charge in [-0.15, -0.1) is 11.8 Å². The summed E-state index contributed by atoms with van der Waals surface area (Å²) in [5, 5.41) is 2.70. The number of hydrogen-bond donors (Lipinski definition) is 1. The van der Waals surface area contributed by atoms with Crippen molar-refractivity contribution in [3.63, 3.8) is 0 Å². The third-order valence-electron chi connectivity index (χ3n) is 5.77. The van der Waals surface area contributed by atoms with Crippen LogP contribution in [0.3, 0.4) is 0 Å². The van der Waals surface area contributed by atoms with Crippen molar-refractivity contribution in [2.45, 2.75) is 43.6 Å². The van der Waals surface area contributed by atoms with Crippen LogP contribution in [-0.4, -0.2) is 41.8 Å². The van der Waals surface area contributed by atoms with Gasteiger partial charge in [-0.1, -0.05) is 104 Å². The van der Waals surface area contributed by atoms with E-state index in [0.717, 1.165) is 16.7 Å². The Bertz CT molecular complexity index is 1140. The van der Waals surface area contributed by atoms with Crippen LogP contribution >= 0.6 is 11.8 Å². The number of esters is 1. The Hall–Kier alpha value is -3.84. The lowest BCUT2D eigenvalue weighted by molar-refractivity contribution is -0.145. The van der Waals surface area contributed by atoms with Gasteiger partial charge in [-0.2, -0.15) is 0 Å². The molecule has 0 bridgehead atoms. The standard InChI is InChI=1S/C32H35NO5S/c1-5-21-37-29(35)22-28(34)27(33-30(36)38-31(2,3)4)23-39-32(24-15-9-6-10-16-24,25-17-11-7-12-18-25)26-19-13-8-14-20-26/h5-20,27H,1,21-23H2,2-4H3,(H,33,36)/t27-/m0/s1. The highest BCUT2D eigenvalue weighted by molar-refractivity contribution is 8.00. The lowest BCUT2D eigenvalue weighted by Crippen LogP contribution is -2.46. The summed E-state index contributed by atoms with van der Waals surface area (Å²) in [6.07, 6.45) is 0.220. The third-order valence-corrected chi connectivity index (χ3v) is 7.41. The molecule has 3 rings (SSSR count). The number of carbonyl (C=O) groups is 3. The first-order valence-corrected chi connectivity index (χ1v) is 13.7. The molecule has 204 valence electrons. The normalized spacial score (nSPS) is 12.2. The van der Waals surface area contributed by atoms with Gasteiger partial charge in [-0.25, -0.2) is 4.79 Å². The van der Waals surface area contributed by atoms with Crippen molar-refractivity contribution in [1.82, 2.24) is 5.32 Å². The van der Waals surface area contributed by atoms with E-state index in [1.807, 2.05) is 54.6 Å². The van der Waals surface area contributed by atoms with Gasteiger partial charge in [0.25, 0.3) is 0 Å². The van der Waals surface area contributed by atoms with Gasteiger partial charge in [0.2, 0.25) is 0 Å². The van der Waals surface area contributed by atoms with E-state index < -0.39 is 40.7 Å². The smallest absolute Gasteiger partial charge is 0.408 e. The minimum atomic E-state index is -1.00. The Morgan fingerprint density at radius 3 is 1.72 bits per heavy atom. The van der Waals surface area contributed by atoms with Crippen LogP contribution in [0.5, 0.6) is 0 Å². The summed E-state index contributed by atoms with van der Waals surface area (Å²) in [5.74, 6) is -0.974. The zero-order valence-corrected chi connectivity index (χ0v) is 23.4. The SMILES string of the molecule is C=CCOC(=O)CC(=O)[C@H](CSC(c1ccccc1)(c1ccccc1)c1ccccc1)NC(=O)OC(C)(C)C. The second kappa shape index (κ2) is 13.8. The monoisotopic (exact) mass is 545 g/mol. The molecule has 3 aromatic carbocycles. The molecule has 1 amide bonds. The molecule has 39 heavy (non-hydrogen) atoms. The van der Waals surface area contributed by atoms with Crippen molar-refractivity contribution in [2.24, 2.45) is 0 Å². The Kier molecular flexibility index (Phi) is 10.5. The first-order valence-electron chi connectivity index (χ1n) is 12.7. The molecule has 6 nitrogen and oxygen atoms in total. The Labute approximate surface area is 234 Å². The molecule has 0 aliphatic heterocycles. The molecule has 0 aliphatic carbocycles. The fourth-order valence-electron chi connectivity index (χ4n) is 4.11. The molecular formula is C32H35NO5S. The van der Waals surface area contributed by atoms with Gasteiger partial charge in [0, 0.05) is 5.75 Å². The van der Waals surface area contributed by atoms with Gasteiger partial charge in [0.1, 0.15) is 24.7 Å². The van der Waals surface area contributed by atoms with E-state index >= 15 is 0 Å². The highest BCUT2D eigenvalue weighted by Gasteiger charge is 2.39. The predicted molar refractivity (Wildman–Crippen MR) is 156 cm³/mol. The average molecular weight is 546 g/mol. The van der Waals surface area contributed by atoms with E-state index in [-0.39, 0.29) is 12.4 Å². The van der Waals surface area contributed by atoms with Gasteiger partial charge in [0.15, 0.2) is 5.78 Å². The zero-order chi connectivity index (χ0) is 28.3. The van der Waals surface area contributed by atoms with Crippen LogP contribution in [0, 0.1) is 0 Å². The maximum atomic E-state index is 13.3. The van der Waals surface area contributed by atoms with Crippen molar-refractivity contribution in [3.05, 3.63) is 120 Å². The zero-order valence-electron chi connectivity index (χ0n) is 22.6. The molecule has 7 heteroatoms. The van der Waals surface area contributed by atoms with E-state index in [1.165, 1.54) is 17.8 Å². The number of benzene rings is 3. The minimum absolute atomic E-state index is 0.00412. The number of amides is 1. The number of nitrogens with one attached hydrogen (secondary N) is 1. The fraction of sp³-hybridized carbons (Fsp3) is 0.281. The van der Waals surface area contributed by atoms with E-state index in [1.54, 1.807) is 20.8 Å². The number of ketones is 1. The molecule has 1 atom stereocenters. The van der Waals surface area contributed by atoms with Crippen LogP contribution in [-0.2, 0) is 23.8 Å². The van der Waals surface area contributed by atoms with Crippen LogP contribution in [0.25, 0.3) is 0 Å². The van der Waals surface area contributed by atoms with E-state index in [9.17, 15) is 14.4 Å². The summed E-state index contributed by atoms with van der Waals surface area (Å²) in [6.45, 7) is 8.77. The first-order chi connectivity index (χ1) is 18.7. The highest BCUT2D eigenvalue weighted by atomic mass is 32.2. The summed E-state index contributed by atoms with van der Waals surface area (Å²) < 4.78 is 9.75. The van der Waals surface area contributed by atoms with Crippen molar-refractivity contribution in [1.29, 1.82) is 0 Å². The average Bonchev–Trinajstić information content (AvgIpc) is 2.92. The molecule has 1 N–H and O–H groups in total. The minimum Gasteiger partial charge on any atom is -0.461 e. The summed E-state index contributed by atoms with van der Waals surface area (Å²) >= 11 is 1.51. The molecule has 0 unspecified atom stereocenters. The van der Waals surface area contributed by atoms with Crippen molar-refractivity contribution in [3.8, 4) is 0 Å². The number of Topliss-reactive ketones (excluding diaryl/α,β-unsaturated/α-hetero) is 1. The summed E-state index contributed by atoms with van der Waals surface area (Å²) in [6, 6.07) is 29.1. The predicted octanol–water partition coefficient (Wildman–Crippen LogP) is 6.29. The fourth-order valence-corrected chi connectivity index (χ4v) is 5.70. The van der Waals surface area contributed by atoms with E-state index in [2.05, 4.69) is 48.3 Å². The van der Waals surface area contributed by atoms with Gasteiger partial charge in [0.05, 0.1) is 4.75 Å². The molecule has 0 saturated heterocycles. The van der Waals surface area contributed by atoms with Crippen molar-refractivity contribution < 1.29 is 23.9 Å². The molecule has 0 spiro atoms. The molecule has 0 aromatic heterocycles. The molecule has 0 aliphatic rings. The number of ether oxygens (including phenoxy) is 2. The molecule has 0 radical (unpaired) electrons. The Balaban J connectivity index is 2.02. The van der Waals surface area contributed by atoms with Crippen molar-refractivity contribution in [2.75, 3.05) is 12.4 Å².